The van der Waals surface area contributed by atoms with Crippen LogP contribution >= 0.6 is 0 Å². The average Bonchev–Trinajstić information content (AvgIpc) is 2.98. The number of nitrogen functional groups attached to an aromatic ring is 1. The molecule has 0 saturated heterocycles. The molecular formula is C12H13N3. The molecule has 1 fully saturated rings. The predicted octanol–water partition coefficient (Wildman–Crippen LogP) is 2.47. The van der Waals surface area contributed by atoms with Crippen molar-refractivity contribution in [3.8, 4) is 11.3 Å². The van der Waals surface area contributed by atoms with Crippen LogP contribution in [0.2, 0.25) is 0 Å². The molecule has 0 atom stereocenters. The van der Waals surface area contributed by atoms with E-state index in [0.29, 0.717) is 6.04 Å². The first-order chi connectivity index (χ1) is 7.34. The van der Waals surface area contributed by atoms with Crippen molar-refractivity contribution in [1.29, 1.82) is 0 Å². The monoisotopic (exact) mass is 199 g/mol. The molecule has 0 spiro atoms. The molecule has 3 heteroatoms. The molecule has 2 N–H and O–H groups in total. The molecule has 3 nitrogen and oxygen atoms in total. The van der Waals surface area contributed by atoms with Crippen LogP contribution in [0.5, 0.6) is 0 Å². The van der Waals surface area contributed by atoms with Crippen molar-refractivity contribution in [3.05, 3.63) is 36.8 Å². The maximum Gasteiger partial charge on any atom is 0.0953 e. The van der Waals surface area contributed by atoms with Gasteiger partial charge in [0.2, 0.25) is 0 Å². The third-order valence-electron chi connectivity index (χ3n) is 2.81. The Labute approximate surface area is 88.6 Å². The van der Waals surface area contributed by atoms with Crippen molar-refractivity contribution >= 4 is 5.69 Å². The molecule has 15 heavy (non-hydrogen) atoms. The van der Waals surface area contributed by atoms with Crippen LogP contribution in [0.25, 0.3) is 11.3 Å². The van der Waals surface area contributed by atoms with Crippen molar-refractivity contribution in [3.63, 3.8) is 0 Å². The van der Waals surface area contributed by atoms with Crippen molar-refractivity contribution in [2.24, 2.45) is 0 Å². The number of anilines is 1. The van der Waals surface area contributed by atoms with Gasteiger partial charge >= 0.3 is 0 Å². The molecule has 0 aliphatic heterocycles. The van der Waals surface area contributed by atoms with Crippen LogP contribution in [0.4, 0.5) is 5.69 Å². The predicted molar refractivity (Wildman–Crippen MR) is 60.3 cm³/mol. The van der Waals surface area contributed by atoms with Crippen LogP contribution in [0, 0.1) is 0 Å². The van der Waals surface area contributed by atoms with Crippen LogP contribution in [0.15, 0.2) is 36.8 Å². The number of imidazole rings is 1. The van der Waals surface area contributed by atoms with Gasteiger partial charge in [-0.15, -0.1) is 0 Å². The summed E-state index contributed by atoms with van der Waals surface area (Å²) in [6.45, 7) is 0. The molecule has 0 amide bonds. The molecule has 0 unspecified atom stereocenters. The normalized spacial score (nSPS) is 15.5. The second-order valence-corrected chi connectivity index (χ2v) is 4.04. The van der Waals surface area contributed by atoms with E-state index in [2.05, 4.69) is 9.55 Å². The standard InChI is InChI=1S/C12H13N3/c13-10-3-1-9(2-4-10)12-7-14-8-15(12)11-5-6-11/h1-4,7-8,11H,5-6,13H2. The maximum atomic E-state index is 5.67. The lowest BCUT2D eigenvalue weighted by Gasteiger charge is -2.06. The highest BCUT2D eigenvalue weighted by molar-refractivity contribution is 5.62. The number of rotatable bonds is 2. The van der Waals surface area contributed by atoms with Gasteiger partial charge in [-0.1, -0.05) is 12.1 Å². The highest BCUT2D eigenvalue weighted by atomic mass is 15.1. The third kappa shape index (κ3) is 1.50. The van der Waals surface area contributed by atoms with E-state index in [0.717, 1.165) is 5.69 Å². The van der Waals surface area contributed by atoms with E-state index in [9.17, 15) is 0 Å². The van der Waals surface area contributed by atoms with Crippen molar-refractivity contribution in [2.45, 2.75) is 18.9 Å². The van der Waals surface area contributed by atoms with Gasteiger partial charge in [0.1, 0.15) is 0 Å². The van der Waals surface area contributed by atoms with Crippen molar-refractivity contribution in [2.75, 3.05) is 5.73 Å². The van der Waals surface area contributed by atoms with Crippen molar-refractivity contribution < 1.29 is 0 Å². The van der Waals surface area contributed by atoms with Gasteiger partial charge < -0.3 is 10.3 Å². The van der Waals surface area contributed by atoms with Gasteiger partial charge in [0, 0.05) is 11.7 Å². The topological polar surface area (TPSA) is 43.8 Å². The lowest BCUT2D eigenvalue weighted by molar-refractivity contribution is 0.748. The van der Waals surface area contributed by atoms with Crippen LogP contribution < -0.4 is 5.73 Å². The molecular weight excluding hydrogens is 186 g/mol. The largest absolute Gasteiger partial charge is 0.399 e. The Hall–Kier alpha value is -1.77. The molecule has 1 heterocycles. The number of nitrogens with zero attached hydrogens (tertiary/aromatic N) is 2. The molecule has 2 aromatic rings. The number of hydrogen-bond acceptors (Lipinski definition) is 2. The van der Waals surface area contributed by atoms with E-state index in [1.54, 1.807) is 0 Å². The number of hydrogen-bond donors (Lipinski definition) is 1. The van der Waals surface area contributed by atoms with Gasteiger partial charge in [-0.05, 0) is 30.5 Å². The summed E-state index contributed by atoms with van der Waals surface area (Å²) < 4.78 is 2.26. The summed E-state index contributed by atoms with van der Waals surface area (Å²) in [5.74, 6) is 0. The molecule has 1 aliphatic carbocycles. The summed E-state index contributed by atoms with van der Waals surface area (Å²) in [7, 11) is 0. The van der Waals surface area contributed by atoms with Gasteiger partial charge in [-0.3, -0.25) is 0 Å². The first-order valence-electron chi connectivity index (χ1n) is 5.22. The van der Waals surface area contributed by atoms with Crippen LogP contribution in [-0.4, -0.2) is 9.55 Å². The minimum atomic E-state index is 0.667. The summed E-state index contributed by atoms with van der Waals surface area (Å²) in [6, 6.07) is 8.62. The molecule has 1 aliphatic rings. The highest BCUT2D eigenvalue weighted by Crippen LogP contribution is 2.38. The Kier molecular flexibility index (Phi) is 1.78. The fourth-order valence-corrected chi connectivity index (χ4v) is 1.83. The van der Waals surface area contributed by atoms with Crippen LogP contribution in [-0.2, 0) is 0 Å². The lowest BCUT2D eigenvalue weighted by atomic mass is 10.1. The van der Waals surface area contributed by atoms with Gasteiger partial charge in [0.05, 0.1) is 18.2 Å². The Balaban J connectivity index is 2.04. The quantitative estimate of drug-likeness (QED) is 0.755. The minimum Gasteiger partial charge on any atom is -0.399 e. The first kappa shape index (κ1) is 8.53. The molecule has 3 rings (SSSR count). The summed E-state index contributed by atoms with van der Waals surface area (Å²) in [6.07, 6.45) is 6.39. The van der Waals surface area contributed by atoms with E-state index in [1.165, 1.54) is 24.1 Å². The minimum absolute atomic E-state index is 0.667. The first-order valence-corrected chi connectivity index (χ1v) is 5.22. The number of aromatic nitrogens is 2. The zero-order valence-corrected chi connectivity index (χ0v) is 8.43. The van der Waals surface area contributed by atoms with Gasteiger partial charge in [0.15, 0.2) is 0 Å². The molecule has 1 aromatic heterocycles. The Morgan fingerprint density at radius 1 is 1.20 bits per heavy atom. The number of nitrogens with two attached hydrogens (primary N) is 1. The van der Waals surface area contributed by atoms with E-state index < -0.39 is 0 Å². The fraction of sp³-hybridized carbons (Fsp3) is 0.250. The fourth-order valence-electron chi connectivity index (χ4n) is 1.83. The summed E-state index contributed by atoms with van der Waals surface area (Å²) in [5.41, 5.74) is 8.85. The lowest BCUT2D eigenvalue weighted by Crippen LogP contribution is -1.94. The Morgan fingerprint density at radius 2 is 1.93 bits per heavy atom. The van der Waals surface area contributed by atoms with E-state index in [4.69, 9.17) is 5.73 Å². The van der Waals surface area contributed by atoms with Gasteiger partial charge in [0.25, 0.3) is 0 Å². The van der Waals surface area contributed by atoms with E-state index in [1.807, 2.05) is 36.8 Å². The number of benzene rings is 1. The Bertz CT molecular complexity index is 466. The second kappa shape index (κ2) is 3.12. The Morgan fingerprint density at radius 3 is 2.60 bits per heavy atom. The highest BCUT2D eigenvalue weighted by Gasteiger charge is 2.25. The smallest absolute Gasteiger partial charge is 0.0953 e. The van der Waals surface area contributed by atoms with Gasteiger partial charge in [-0.25, -0.2) is 4.98 Å². The average molecular weight is 199 g/mol. The van der Waals surface area contributed by atoms with E-state index >= 15 is 0 Å². The molecule has 1 aromatic carbocycles. The van der Waals surface area contributed by atoms with Crippen LogP contribution in [0.3, 0.4) is 0 Å². The van der Waals surface area contributed by atoms with Gasteiger partial charge in [-0.2, -0.15) is 0 Å². The SMILES string of the molecule is Nc1ccc(-c2cncn2C2CC2)cc1. The maximum absolute atomic E-state index is 5.67. The zero-order chi connectivity index (χ0) is 10.3. The second-order valence-electron chi connectivity index (χ2n) is 4.04. The third-order valence-corrected chi connectivity index (χ3v) is 2.81. The summed E-state index contributed by atoms with van der Waals surface area (Å²) in [4.78, 5) is 4.21. The van der Waals surface area contributed by atoms with Crippen molar-refractivity contribution in [1.82, 2.24) is 9.55 Å². The zero-order valence-electron chi connectivity index (χ0n) is 8.43. The molecule has 0 bridgehead atoms. The molecule has 76 valence electrons. The van der Waals surface area contributed by atoms with E-state index in [-0.39, 0.29) is 0 Å². The summed E-state index contributed by atoms with van der Waals surface area (Å²) in [5, 5.41) is 0. The van der Waals surface area contributed by atoms with Crippen LogP contribution in [0.1, 0.15) is 18.9 Å². The molecule has 1 saturated carbocycles. The molecule has 0 radical (unpaired) electrons. The summed E-state index contributed by atoms with van der Waals surface area (Å²) >= 11 is 0.